The number of rotatable bonds is 5. The van der Waals surface area contributed by atoms with Crippen molar-refractivity contribution in [3.8, 4) is 5.75 Å². The topological polar surface area (TPSA) is 35.5 Å². The van der Waals surface area contributed by atoms with Gasteiger partial charge in [0.05, 0.1) is 0 Å². The zero-order valence-electron chi connectivity index (χ0n) is 13.0. The number of benzene rings is 1. The fourth-order valence-corrected chi connectivity index (χ4v) is 3.10. The number of aryl methyl sites for hydroxylation is 1. The minimum absolute atomic E-state index is 0.207. The van der Waals surface area contributed by atoms with E-state index in [1.54, 1.807) is 0 Å². The van der Waals surface area contributed by atoms with Gasteiger partial charge in [-0.15, -0.1) is 0 Å². The molecule has 2 N–H and O–H groups in total. The third-order valence-corrected chi connectivity index (χ3v) is 4.27. The maximum absolute atomic E-state index is 10.1. The van der Waals surface area contributed by atoms with Gasteiger partial charge in [-0.05, 0) is 64.4 Å². The molecule has 0 aliphatic carbocycles. The van der Waals surface area contributed by atoms with Crippen molar-refractivity contribution in [2.75, 3.05) is 19.6 Å². The van der Waals surface area contributed by atoms with Gasteiger partial charge >= 0.3 is 0 Å². The van der Waals surface area contributed by atoms with Crippen LogP contribution in [0.4, 0.5) is 0 Å². The van der Waals surface area contributed by atoms with E-state index in [-0.39, 0.29) is 6.04 Å². The van der Waals surface area contributed by atoms with E-state index in [0.717, 1.165) is 11.1 Å². The largest absolute Gasteiger partial charge is 0.508 e. The van der Waals surface area contributed by atoms with Gasteiger partial charge < -0.3 is 15.3 Å². The minimum atomic E-state index is 0.207. The SMILES string of the molecule is CCCN1CCC(NC(C)c2ccc(C)cc2O)CC1. The van der Waals surface area contributed by atoms with Gasteiger partial charge in [0.2, 0.25) is 0 Å². The third-order valence-electron chi connectivity index (χ3n) is 4.27. The number of aromatic hydroxyl groups is 1. The molecule has 1 heterocycles. The van der Waals surface area contributed by atoms with E-state index >= 15 is 0 Å². The number of hydrogen-bond donors (Lipinski definition) is 2. The summed E-state index contributed by atoms with van der Waals surface area (Å²) in [5.74, 6) is 0.411. The highest BCUT2D eigenvalue weighted by Gasteiger charge is 2.21. The van der Waals surface area contributed by atoms with Crippen LogP contribution < -0.4 is 5.32 Å². The predicted molar refractivity (Wildman–Crippen MR) is 84.1 cm³/mol. The Balaban J connectivity index is 1.87. The molecule has 20 heavy (non-hydrogen) atoms. The van der Waals surface area contributed by atoms with Crippen LogP contribution in [-0.2, 0) is 0 Å². The molecule has 0 radical (unpaired) electrons. The number of phenolic OH excluding ortho intramolecular Hbond substituents is 1. The van der Waals surface area contributed by atoms with Gasteiger partial charge in [-0.1, -0.05) is 19.1 Å². The molecule has 0 spiro atoms. The molecule has 1 fully saturated rings. The van der Waals surface area contributed by atoms with E-state index in [2.05, 4.69) is 30.1 Å². The van der Waals surface area contributed by atoms with Crippen molar-refractivity contribution in [2.45, 2.75) is 52.1 Å². The lowest BCUT2D eigenvalue weighted by Gasteiger charge is -2.34. The van der Waals surface area contributed by atoms with Gasteiger partial charge in [-0.25, -0.2) is 0 Å². The predicted octanol–water partition coefficient (Wildman–Crippen LogP) is 3.23. The molecule has 1 aliphatic heterocycles. The van der Waals surface area contributed by atoms with E-state index in [9.17, 15) is 5.11 Å². The molecular weight excluding hydrogens is 248 g/mol. The molecule has 1 atom stereocenters. The molecule has 0 bridgehead atoms. The summed E-state index contributed by atoms with van der Waals surface area (Å²) in [6.07, 6.45) is 3.65. The number of nitrogens with one attached hydrogen (secondary N) is 1. The number of nitrogens with zero attached hydrogens (tertiary/aromatic N) is 1. The molecule has 1 saturated heterocycles. The minimum Gasteiger partial charge on any atom is -0.508 e. The Kier molecular flexibility index (Phi) is 5.44. The van der Waals surface area contributed by atoms with E-state index in [1.807, 2.05) is 19.1 Å². The smallest absolute Gasteiger partial charge is 0.120 e. The average Bonchev–Trinajstić information content (AvgIpc) is 2.41. The number of likely N-dealkylation sites (tertiary alicyclic amines) is 1. The Hall–Kier alpha value is -1.06. The van der Waals surface area contributed by atoms with E-state index in [1.165, 1.54) is 38.9 Å². The van der Waals surface area contributed by atoms with E-state index in [0.29, 0.717) is 11.8 Å². The molecule has 1 aromatic carbocycles. The molecule has 0 aromatic heterocycles. The van der Waals surface area contributed by atoms with Crippen molar-refractivity contribution in [2.24, 2.45) is 0 Å². The van der Waals surface area contributed by atoms with Gasteiger partial charge in [0.25, 0.3) is 0 Å². The maximum atomic E-state index is 10.1. The van der Waals surface area contributed by atoms with Crippen LogP contribution in [0, 0.1) is 6.92 Å². The van der Waals surface area contributed by atoms with Crippen molar-refractivity contribution < 1.29 is 5.11 Å². The Morgan fingerprint density at radius 2 is 2.05 bits per heavy atom. The number of hydrogen-bond acceptors (Lipinski definition) is 3. The van der Waals surface area contributed by atoms with Crippen LogP contribution in [-0.4, -0.2) is 35.7 Å². The summed E-state index contributed by atoms with van der Waals surface area (Å²) in [5, 5.41) is 13.7. The molecular formula is C17H28N2O. The van der Waals surface area contributed by atoms with E-state index < -0.39 is 0 Å². The Morgan fingerprint density at radius 3 is 2.65 bits per heavy atom. The highest BCUT2D eigenvalue weighted by molar-refractivity contribution is 5.37. The Morgan fingerprint density at radius 1 is 1.35 bits per heavy atom. The molecule has 1 aliphatic rings. The summed E-state index contributed by atoms with van der Waals surface area (Å²) in [6, 6.07) is 6.72. The molecule has 2 rings (SSSR count). The lowest BCUT2D eigenvalue weighted by Crippen LogP contribution is -2.43. The second kappa shape index (κ2) is 7.09. The van der Waals surface area contributed by atoms with Crippen molar-refractivity contribution in [3.63, 3.8) is 0 Å². The Labute approximate surface area is 123 Å². The summed E-state index contributed by atoms with van der Waals surface area (Å²) in [5.41, 5.74) is 2.11. The fraction of sp³-hybridized carbons (Fsp3) is 0.647. The van der Waals surface area contributed by atoms with Crippen LogP contribution in [0.25, 0.3) is 0 Å². The van der Waals surface area contributed by atoms with Crippen LogP contribution >= 0.6 is 0 Å². The molecule has 1 unspecified atom stereocenters. The summed E-state index contributed by atoms with van der Waals surface area (Å²) < 4.78 is 0. The summed E-state index contributed by atoms with van der Waals surface area (Å²) in [4.78, 5) is 2.55. The molecule has 3 heteroatoms. The lowest BCUT2D eigenvalue weighted by atomic mass is 10.00. The van der Waals surface area contributed by atoms with Crippen LogP contribution in [0.3, 0.4) is 0 Å². The van der Waals surface area contributed by atoms with Gasteiger partial charge in [0.1, 0.15) is 5.75 Å². The Bertz CT molecular complexity index is 425. The first-order valence-corrected chi connectivity index (χ1v) is 7.88. The van der Waals surface area contributed by atoms with Gasteiger partial charge in [-0.2, -0.15) is 0 Å². The van der Waals surface area contributed by atoms with Gasteiger partial charge in [0.15, 0.2) is 0 Å². The van der Waals surface area contributed by atoms with Gasteiger partial charge in [-0.3, -0.25) is 0 Å². The first kappa shape index (κ1) is 15.3. The lowest BCUT2D eigenvalue weighted by molar-refractivity contribution is 0.192. The monoisotopic (exact) mass is 276 g/mol. The molecule has 0 saturated carbocycles. The van der Waals surface area contributed by atoms with Crippen molar-refractivity contribution in [1.29, 1.82) is 0 Å². The van der Waals surface area contributed by atoms with Crippen LogP contribution in [0.2, 0.25) is 0 Å². The zero-order valence-corrected chi connectivity index (χ0v) is 13.0. The van der Waals surface area contributed by atoms with Crippen LogP contribution in [0.15, 0.2) is 18.2 Å². The molecule has 0 amide bonds. The highest BCUT2D eigenvalue weighted by atomic mass is 16.3. The normalized spacial score (nSPS) is 19.1. The molecule has 112 valence electrons. The number of phenols is 1. The average molecular weight is 276 g/mol. The van der Waals surface area contributed by atoms with Crippen LogP contribution in [0.5, 0.6) is 5.75 Å². The van der Waals surface area contributed by atoms with Crippen LogP contribution in [0.1, 0.15) is 50.3 Å². The van der Waals surface area contributed by atoms with E-state index in [4.69, 9.17) is 0 Å². The summed E-state index contributed by atoms with van der Waals surface area (Å²) >= 11 is 0. The van der Waals surface area contributed by atoms with Crippen molar-refractivity contribution >= 4 is 0 Å². The zero-order chi connectivity index (χ0) is 14.5. The summed E-state index contributed by atoms with van der Waals surface area (Å²) in [7, 11) is 0. The van der Waals surface area contributed by atoms with Crippen molar-refractivity contribution in [1.82, 2.24) is 10.2 Å². The quantitative estimate of drug-likeness (QED) is 0.866. The standard InChI is InChI=1S/C17H28N2O/c1-4-9-19-10-7-15(8-11-19)18-14(3)16-6-5-13(2)12-17(16)20/h5-6,12,14-15,18,20H,4,7-11H2,1-3H3. The van der Waals surface area contributed by atoms with Gasteiger partial charge in [0, 0.05) is 17.6 Å². The number of piperidine rings is 1. The molecule has 3 nitrogen and oxygen atoms in total. The summed E-state index contributed by atoms with van der Waals surface area (Å²) in [6.45, 7) is 10.00. The first-order chi connectivity index (χ1) is 9.60. The second-order valence-electron chi connectivity index (χ2n) is 6.07. The second-order valence-corrected chi connectivity index (χ2v) is 6.07. The van der Waals surface area contributed by atoms with Crippen molar-refractivity contribution in [3.05, 3.63) is 29.3 Å². The maximum Gasteiger partial charge on any atom is 0.120 e. The fourth-order valence-electron chi connectivity index (χ4n) is 3.10. The highest BCUT2D eigenvalue weighted by Crippen LogP contribution is 2.26. The first-order valence-electron chi connectivity index (χ1n) is 7.88. The molecule has 1 aromatic rings. The third kappa shape index (κ3) is 3.97.